The molecule has 1 aliphatic rings. The van der Waals surface area contributed by atoms with Gasteiger partial charge in [0.2, 0.25) is 0 Å². The topological polar surface area (TPSA) is 49.3 Å². The van der Waals surface area contributed by atoms with E-state index in [0.717, 1.165) is 12.5 Å². The fraction of sp³-hybridized carbons (Fsp3) is 0.462. The zero-order valence-corrected chi connectivity index (χ0v) is 9.88. The molecule has 0 spiro atoms. The summed E-state index contributed by atoms with van der Waals surface area (Å²) in [5.41, 5.74) is -0.617. The van der Waals surface area contributed by atoms with Gasteiger partial charge in [0.05, 0.1) is 11.3 Å². The molecule has 0 heterocycles. The predicted molar refractivity (Wildman–Crippen MR) is 63.8 cm³/mol. The van der Waals surface area contributed by atoms with Crippen molar-refractivity contribution in [3.8, 4) is 0 Å². The zero-order chi connectivity index (χ0) is 13.1. The lowest BCUT2D eigenvalue weighted by Crippen LogP contribution is -2.16. The molecule has 1 aromatic rings. The van der Waals surface area contributed by atoms with Gasteiger partial charge in [0.1, 0.15) is 0 Å². The third-order valence-electron chi connectivity index (χ3n) is 3.41. The van der Waals surface area contributed by atoms with E-state index in [9.17, 15) is 13.6 Å². The summed E-state index contributed by atoms with van der Waals surface area (Å²) >= 11 is 0. The molecule has 1 aliphatic carbocycles. The zero-order valence-electron chi connectivity index (χ0n) is 9.88. The number of carboxylic acids is 1. The Labute approximate surface area is 104 Å². The monoisotopic (exact) mass is 255 g/mol. The molecular weight excluding hydrogens is 240 g/mol. The molecule has 0 bridgehead atoms. The van der Waals surface area contributed by atoms with Crippen molar-refractivity contribution in [2.75, 3.05) is 11.9 Å². The summed E-state index contributed by atoms with van der Waals surface area (Å²) in [5.74, 6) is -3.21. The first-order valence-corrected chi connectivity index (χ1v) is 6.04. The molecule has 0 aliphatic heterocycles. The van der Waals surface area contributed by atoms with Crippen LogP contribution in [0.1, 0.15) is 36.0 Å². The van der Waals surface area contributed by atoms with Crippen LogP contribution in [0.15, 0.2) is 12.1 Å². The van der Waals surface area contributed by atoms with E-state index in [1.807, 2.05) is 0 Å². The highest BCUT2D eigenvalue weighted by atomic mass is 19.2. The molecule has 98 valence electrons. The first-order chi connectivity index (χ1) is 8.59. The van der Waals surface area contributed by atoms with Gasteiger partial charge >= 0.3 is 5.97 Å². The summed E-state index contributed by atoms with van der Waals surface area (Å²) in [4.78, 5) is 10.6. The van der Waals surface area contributed by atoms with Crippen molar-refractivity contribution >= 4 is 11.7 Å². The molecule has 1 aromatic carbocycles. The second-order valence-corrected chi connectivity index (χ2v) is 4.61. The average molecular weight is 255 g/mol. The molecule has 0 radical (unpaired) electrons. The minimum atomic E-state index is -1.47. The van der Waals surface area contributed by atoms with Crippen molar-refractivity contribution in [3.05, 3.63) is 29.3 Å². The predicted octanol–water partition coefficient (Wildman–Crippen LogP) is 3.27. The van der Waals surface area contributed by atoms with Crippen LogP contribution in [0.3, 0.4) is 0 Å². The summed E-state index contributed by atoms with van der Waals surface area (Å²) < 4.78 is 26.9. The molecular formula is C13H15F2NO2. The summed E-state index contributed by atoms with van der Waals surface area (Å²) in [7, 11) is 0. The molecule has 0 amide bonds. The van der Waals surface area contributed by atoms with Gasteiger partial charge in [-0.2, -0.15) is 0 Å². The highest BCUT2D eigenvalue weighted by Crippen LogP contribution is 2.29. The Morgan fingerprint density at radius 2 is 2.06 bits per heavy atom. The van der Waals surface area contributed by atoms with Gasteiger partial charge in [0.15, 0.2) is 11.6 Å². The average Bonchev–Trinajstić information content (AvgIpc) is 2.27. The van der Waals surface area contributed by atoms with Gasteiger partial charge in [0.25, 0.3) is 0 Å². The van der Waals surface area contributed by atoms with Crippen LogP contribution < -0.4 is 5.32 Å². The van der Waals surface area contributed by atoms with E-state index in [1.165, 1.54) is 25.3 Å². The summed E-state index contributed by atoms with van der Waals surface area (Å²) in [6.45, 7) is 0.577. The lowest BCUT2D eigenvalue weighted by atomic mass is 9.83. The Kier molecular flexibility index (Phi) is 3.79. The van der Waals surface area contributed by atoms with E-state index in [1.54, 1.807) is 0 Å². The smallest absolute Gasteiger partial charge is 0.338 e. The molecule has 3 nitrogen and oxygen atoms in total. The minimum Gasteiger partial charge on any atom is -0.478 e. The van der Waals surface area contributed by atoms with Crippen molar-refractivity contribution in [2.24, 2.45) is 5.92 Å². The van der Waals surface area contributed by atoms with Gasteiger partial charge < -0.3 is 10.4 Å². The van der Waals surface area contributed by atoms with E-state index in [2.05, 4.69) is 5.32 Å². The van der Waals surface area contributed by atoms with E-state index in [4.69, 9.17) is 5.11 Å². The van der Waals surface area contributed by atoms with Crippen molar-refractivity contribution < 1.29 is 18.7 Å². The first kappa shape index (κ1) is 12.8. The third-order valence-corrected chi connectivity index (χ3v) is 3.41. The van der Waals surface area contributed by atoms with E-state index in [0.29, 0.717) is 12.5 Å². The second kappa shape index (κ2) is 5.33. The molecule has 5 heteroatoms. The van der Waals surface area contributed by atoms with E-state index >= 15 is 0 Å². The van der Waals surface area contributed by atoms with Crippen molar-refractivity contribution in [1.29, 1.82) is 0 Å². The van der Waals surface area contributed by atoms with Crippen LogP contribution in [0.5, 0.6) is 0 Å². The van der Waals surface area contributed by atoms with Crippen LogP contribution >= 0.6 is 0 Å². The molecule has 2 rings (SSSR count). The number of rotatable bonds is 5. The number of nitrogens with one attached hydrogen (secondary N) is 1. The minimum absolute atomic E-state index is 0.0248. The fourth-order valence-electron chi connectivity index (χ4n) is 2.04. The van der Waals surface area contributed by atoms with E-state index < -0.39 is 23.2 Å². The van der Waals surface area contributed by atoms with Crippen molar-refractivity contribution in [1.82, 2.24) is 0 Å². The lowest BCUT2D eigenvalue weighted by molar-refractivity contribution is 0.0690. The maximum Gasteiger partial charge on any atom is 0.338 e. The maximum atomic E-state index is 13.5. The van der Waals surface area contributed by atoms with Crippen LogP contribution in [0.25, 0.3) is 0 Å². The van der Waals surface area contributed by atoms with E-state index in [-0.39, 0.29) is 5.69 Å². The fourth-order valence-corrected chi connectivity index (χ4v) is 2.04. The van der Waals surface area contributed by atoms with Gasteiger partial charge in [-0.25, -0.2) is 13.6 Å². The number of carboxylic acid groups (broad SMARTS) is 1. The van der Waals surface area contributed by atoms with Gasteiger partial charge in [0, 0.05) is 6.54 Å². The van der Waals surface area contributed by atoms with Crippen LogP contribution in [-0.4, -0.2) is 17.6 Å². The molecule has 2 N–H and O–H groups in total. The number of benzene rings is 1. The van der Waals surface area contributed by atoms with Crippen LogP contribution in [0, 0.1) is 17.6 Å². The molecule has 0 unspecified atom stereocenters. The van der Waals surface area contributed by atoms with Gasteiger partial charge in [-0.05, 0) is 24.5 Å². The Balaban J connectivity index is 1.99. The van der Waals surface area contributed by atoms with Crippen molar-refractivity contribution in [2.45, 2.75) is 25.7 Å². The Hall–Kier alpha value is -1.65. The lowest BCUT2D eigenvalue weighted by Gasteiger charge is -2.25. The highest BCUT2D eigenvalue weighted by molar-refractivity contribution is 5.88. The van der Waals surface area contributed by atoms with Crippen LogP contribution in [-0.2, 0) is 0 Å². The van der Waals surface area contributed by atoms with Gasteiger partial charge in [-0.3, -0.25) is 0 Å². The number of anilines is 1. The van der Waals surface area contributed by atoms with Crippen LogP contribution in [0.2, 0.25) is 0 Å². The van der Waals surface area contributed by atoms with Crippen LogP contribution in [0.4, 0.5) is 14.5 Å². The Morgan fingerprint density at radius 3 is 2.61 bits per heavy atom. The van der Waals surface area contributed by atoms with Gasteiger partial charge in [-0.15, -0.1) is 0 Å². The number of aromatic carboxylic acids is 1. The number of carbonyl (C=O) groups is 1. The summed E-state index contributed by atoms with van der Waals surface area (Å²) in [6.07, 6.45) is 4.59. The number of hydrogen-bond acceptors (Lipinski definition) is 2. The third kappa shape index (κ3) is 2.60. The quantitative estimate of drug-likeness (QED) is 0.849. The Morgan fingerprint density at radius 1 is 1.33 bits per heavy atom. The molecule has 0 saturated heterocycles. The molecule has 1 saturated carbocycles. The number of hydrogen-bond donors (Lipinski definition) is 2. The van der Waals surface area contributed by atoms with Crippen molar-refractivity contribution in [3.63, 3.8) is 0 Å². The maximum absolute atomic E-state index is 13.5. The SMILES string of the molecule is O=C(O)c1ccc(NCCC2CCC2)c(F)c1F. The number of halogens is 2. The molecule has 1 fully saturated rings. The second-order valence-electron chi connectivity index (χ2n) is 4.61. The largest absolute Gasteiger partial charge is 0.478 e. The molecule has 0 aromatic heterocycles. The normalized spacial score (nSPS) is 15.2. The highest BCUT2D eigenvalue weighted by Gasteiger charge is 2.19. The first-order valence-electron chi connectivity index (χ1n) is 6.04. The Bertz CT molecular complexity index is 459. The summed E-state index contributed by atoms with van der Waals surface area (Å²) in [5, 5.41) is 11.5. The molecule has 0 atom stereocenters. The summed E-state index contributed by atoms with van der Waals surface area (Å²) in [6, 6.07) is 2.34. The molecule has 18 heavy (non-hydrogen) atoms. The van der Waals surface area contributed by atoms with Gasteiger partial charge in [-0.1, -0.05) is 19.3 Å². The standard InChI is InChI=1S/C13H15F2NO2/c14-11-9(13(17)18)4-5-10(12(11)15)16-7-6-8-2-1-3-8/h4-5,8,16H,1-3,6-7H2,(H,17,18).